The number of nitrogens with zero attached hydrogens (tertiary/aromatic N) is 2. The van der Waals surface area contributed by atoms with Crippen molar-refractivity contribution in [1.82, 2.24) is 14.8 Å². The molecular weight excluding hydrogens is 382 g/mol. The number of rotatable bonds is 5. The van der Waals surface area contributed by atoms with Crippen molar-refractivity contribution in [1.29, 1.82) is 0 Å². The van der Waals surface area contributed by atoms with Crippen LogP contribution in [0.25, 0.3) is 5.57 Å². The van der Waals surface area contributed by atoms with E-state index in [0.717, 1.165) is 48.9 Å². The first-order valence-electron chi connectivity index (χ1n) is 11.2. The summed E-state index contributed by atoms with van der Waals surface area (Å²) in [4.78, 5) is 41.2. The number of fused-ring (bicyclic) bond motifs is 3. The van der Waals surface area contributed by atoms with Gasteiger partial charge in [-0.2, -0.15) is 0 Å². The van der Waals surface area contributed by atoms with Crippen molar-refractivity contribution in [2.75, 3.05) is 13.2 Å². The van der Waals surface area contributed by atoms with E-state index >= 15 is 0 Å². The summed E-state index contributed by atoms with van der Waals surface area (Å²) in [6.45, 7) is 2.58. The molecule has 4 aliphatic rings. The number of aliphatic hydroxyl groups is 1. The maximum Gasteiger partial charge on any atom is 0.258 e. The maximum absolute atomic E-state index is 13.3. The van der Waals surface area contributed by atoms with Crippen molar-refractivity contribution in [3.05, 3.63) is 39.8 Å². The van der Waals surface area contributed by atoms with Gasteiger partial charge in [0, 0.05) is 48.7 Å². The highest BCUT2D eigenvalue weighted by molar-refractivity contribution is 5.91. The second-order valence-electron chi connectivity index (χ2n) is 9.02. The Balaban J connectivity index is 1.58. The third kappa shape index (κ3) is 2.86. The topological polar surface area (TPSA) is 91.6 Å². The Morgan fingerprint density at radius 2 is 2.07 bits per heavy atom. The minimum absolute atomic E-state index is 0.0133. The molecule has 0 unspecified atom stereocenters. The van der Waals surface area contributed by atoms with Gasteiger partial charge in [0.1, 0.15) is 6.04 Å². The molecule has 160 valence electrons. The molecule has 2 aliphatic heterocycles. The quantitative estimate of drug-likeness (QED) is 0.767. The molecule has 2 amide bonds. The molecule has 2 fully saturated rings. The zero-order chi connectivity index (χ0) is 21.0. The second-order valence-corrected chi connectivity index (χ2v) is 9.02. The summed E-state index contributed by atoms with van der Waals surface area (Å²) in [5.74, 6) is -0.769. The van der Waals surface area contributed by atoms with Crippen LogP contribution in [-0.2, 0) is 16.1 Å². The molecule has 2 aliphatic carbocycles. The molecule has 4 atom stereocenters. The number of carbonyl (C=O) groups excluding carboxylic acids is 2. The van der Waals surface area contributed by atoms with E-state index in [0.29, 0.717) is 13.1 Å². The zero-order valence-electron chi connectivity index (χ0n) is 17.3. The van der Waals surface area contributed by atoms with Gasteiger partial charge in [-0.1, -0.05) is 6.08 Å². The van der Waals surface area contributed by atoms with E-state index < -0.39 is 6.04 Å². The van der Waals surface area contributed by atoms with Crippen LogP contribution in [0.5, 0.6) is 0 Å². The Kier molecular flexibility index (Phi) is 4.81. The summed E-state index contributed by atoms with van der Waals surface area (Å²) in [5, 5.41) is 13.1. The molecule has 1 aromatic heterocycles. The van der Waals surface area contributed by atoms with Crippen molar-refractivity contribution < 1.29 is 14.7 Å². The second kappa shape index (κ2) is 7.38. The zero-order valence-corrected chi connectivity index (χ0v) is 17.3. The Morgan fingerprint density at radius 1 is 1.27 bits per heavy atom. The summed E-state index contributed by atoms with van der Waals surface area (Å²) in [7, 11) is 0. The van der Waals surface area contributed by atoms with Crippen molar-refractivity contribution in [3.63, 3.8) is 0 Å². The molecule has 0 aromatic carbocycles. The lowest BCUT2D eigenvalue weighted by atomic mass is 9.88. The van der Waals surface area contributed by atoms with E-state index in [-0.39, 0.29) is 47.8 Å². The number of nitrogens with one attached hydrogen (secondary N) is 1. The fourth-order valence-electron chi connectivity index (χ4n) is 5.71. The number of amides is 2. The number of aliphatic hydroxyl groups excluding tert-OH is 1. The highest BCUT2D eigenvalue weighted by atomic mass is 16.3. The molecule has 2 N–H and O–H groups in total. The first-order valence-corrected chi connectivity index (χ1v) is 11.2. The van der Waals surface area contributed by atoms with Crippen LogP contribution in [0.1, 0.15) is 56.3 Å². The van der Waals surface area contributed by atoms with Gasteiger partial charge in [-0.25, -0.2) is 0 Å². The summed E-state index contributed by atoms with van der Waals surface area (Å²) in [6, 6.07) is 2.84. The van der Waals surface area contributed by atoms with Crippen LogP contribution in [0, 0.1) is 17.8 Å². The molecule has 30 heavy (non-hydrogen) atoms. The normalized spacial score (nSPS) is 29.5. The van der Waals surface area contributed by atoms with Gasteiger partial charge in [-0.15, -0.1) is 0 Å². The Morgan fingerprint density at radius 3 is 2.70 bits per heavy atom. The third-order valence-corrected chi connectivity index (χ3v) is 7.26. The number of likely N-dealkylation sites (tertiary alicyclic amines) is 1. The van der Waals surface area contributed by atoms with Gasteiger partial charge < -0.3 is 19.9 Å². The lowest BCUT2D eigenvalue weighted by Crippen LogP contribution is -2.50. The smallest absolute Gasteiger partial charge is 0.258 e. The molecule has 1 saturated heterocycles. The minimum atomic E-state index is -0.681. The summed E-state index contributed by atoms with van der Waals surface area (Å²) >= 11 is 0. The van der Waals surface area contributed by atoms with E-state index in [4.69, 9.17) is 0 Å². The Hall–Kier alpha value is -2.41. The number of aromatic nitrogens is 1. The summed E-state index contributed by atoms with van der Waals surface area (Å²) < 4.78 is 1.79. The first kappa shape index (κ1) is 19.5. The lowest BCUT2D eigenvalue weighted by molar-refractivity contribution is -0.142. The highest BCUT2D eigenvalue weighted by Crippen LogP contribution is 2.51. The van der Waals surface area contributed by atoms with Crippen LogP contribution < -0.4 is 10.9 Å². The van der Waals surface area contributed by atoms with Crippen molar-refractivity contribution >= 4 is 17.4 Å². The number of carbonyl (C=O) groups is 2. The number of allylic oxidation sites excluding steroid dienone is 2. The van der Waals surface area contributed by atoms with Gasteiger partial charge in [-0.3, -0.25) is 14.4 Å². The van der Waals surface area contributed by atoms with Crippen molar-refractivity contribution in [3.8, 4) is 0 Å². The number of pyridine rings is 1. The van der Waals surface area contributed by atoms with Crippen LogP contribution in [0.3, 0.4) is 0 Å². The molecule has 5 rings (SSSR count). The predicted octanol–water partition coefficient (Wildman–Crippen LogP) is 1.45. The van der Waals surface area contributed by atoms with E-state index in [1.54, 1.807) is 9.47 Å². The van der Waals surface area contributed by atoms with Gasteiger partial charge in [0.2, 0.25) is 11.8 Å². The Bertz CT molecular complexity index is 977. The first-order chi connectivity index (χ1) is 14.6. The fraction of sp³-hybridized carbons (Fsp3) is 0.609. The van der Waals surface area contributed by atoms with E-state index in [1.165, 1.54) is 0 Å². The van der Waals surface area contributed by atoms with E-state index in [2.05, 4.69) is 11.4 Å². The van der Waals surface area contributed by atoms with Gasteiger partial charge in [0.05, 0.1) is 6.04 Å². The SMILES string of the molecule is CCNC(=O)[C@H]1[C@H](CO)[C@H]2Cn3c(ccc(C4=CCCC4)c3=O)[C@H]2N1C(=O)C1CC1. The average molecular weight is 412 g/mol. The number of likely N-dealkylation sites (N-methyl/N-ethyl adjacent to an activating group) is 1. The fourth-order valence-corrected chi connectivity index (χ4v) is 5.71. The number of hydrogen-bond donors (Lipinski definition) is 2. The molecule has 7 heteroatoms. The summed E-state index contributed by atoms with van der Waals surface area (Å²) in [5.41, 5.74) is 2.64. The van der Waals surface area contributed by atoms with Crippen LogP contribution >= 0.6 is 0 Å². The maximum atomic E-state index is 13.3. The minimum Gasteiger partial charge on any atom is -0.396 e. The molecular formula is C23H29N3O4. The van der Waals surface area contributed by atoms with E-state index in [9.17, 15) is 19.5 Å². The monoisotopic (exact) mass is 411 g/mol. The van der Waals surface area contributed by atoms with Crippen LogP contribution in [0.15, 0.2) is 23.0 Å². The van der Waals surface area contributed by atoms with Gasteiger partial charge >= 0.3 is 0 Å². The molecule has 0 radical (unpaired) electrons. The summed E-state index contributed by atoms with van der Waals surface area (Å²) in [6.07, 6.45) is 6.84. The highest BCUT2D eigenvalue weighted by Gasteiger charge is 2.58. The molecule has 1 aromatic rings. The molecule has 0 bridgehead atoms. The average Bonchev–Trinajstić information content (AvgIpc) is 3.18. The largest absolute Gasteiger partial charge is 0.396 e. The van der Waals surface area contributed by atoms with Crippen LogP contribution in [0.2, 0.25) is 0 Å². The molecule has 0 spiro atoms. The molecule has 3 heterocycles. The molecule has 1 saturated carbocycles. The predicted molar refractivity (Wildman–Crippen MR) is 111 cm³/mol. The third-order valence-electron chi connectivity index (χ3n) is 7.26. The van der Waals surface area contributed by atoms with Crippen LogP contribution in [-0.4, -0.2) is 45.6 Å². The van der Waals surface area contributed by atoms with Gasteiger partial charge in [-0.05, 0) is 56.7 Å². The lowest BCUT2D eigenvalue weighted by Gasteiger charge is -2.31. The molecule has 7 nitrogen and oxygen atoms in total. The van der Waals surface area contributed by atoms with Crippen molar-refractivity contribution in [2.24, 2.45) is 17.8 Å². The standard InChI is InChI=1S/C23H29N3O4/c1-2-24-21(28)20-17(12-27)16-11-25-18(19(16)26(20)22(29)14-7-8-14)10-9-15(23(25)30)13-5-3-4-6-13/h5,9-10,14,16-17,19-20,27H,2-4,6-8,11-12H2,1H3,(H,24,28)/t16-,17-,19+,20-/m1/s1. The van der Waals surface area contributed by atoms with Gasteiger partial charge in [0.25, 0.3) is 5.56 Å². The van der Waals surface area contributed by atoms with Crippen LogP contribution in [0.4, 0.5) is 0 Å². The number of hydrogen-bond acceptors (Lipinski definition) is 4. The van der Waals surface area contributed by atoms with Gasteiger partial charge in [0.15, 0.2) is 0 Å². The Labute approximate surface area is 175 Å². The van der Waals surface area contributed by atoms with Crippen molar-refractivity contribution in [2.45, 2.75) is 57.7 Å². The van der Waals surface area contributed by atoms with E-state index in [1.807, 2.05) is 19.1 Å².